The zero-order chi connectivity index (χ0) is 23.4. The Morgan fingerprint density at radius 3 is 2.39 bits per heavy atom. The van der Waals surface area contributed by atoms with E-state index in [9.17, 15) is 14.7 Å². The van der Waals surface area contributed by atoms with Crippen molar-refractivity contribution in [2.75, 3.05) is 19.6 Å². The predicted molar refractivity (Wildman–Crippen MR) is 130 cm³/mol. The Labute approximate surface area is 198 Å². The third-order valence-corrected chi connectivity index (χ3v) is 8.18. The number of nitrogens with zero attached hydrogens (tertiary/aromatic N) is 2. The molecule has 1 saturated carbocycles. The number of amides is 2. The number of hydrogen-bond acceptors (Lipinski definition) is 4. The average molecular weight is 456 g/mol. The SMILES string of the molecule is CCCCN1C(=O)[C@@H]([C@H](O)C2CCCCC2)NC(=O)C12CCN(Cc1ccc(C)cc1)CC2. The minimum Gasteiger partial charge on any atom is -0.390 e. The normalized spacial score (nSPS) is 25.3. The Balaban J connectivity index is 1.47. The highest BCUT2D eigenvalue weighted by atomic mass is 16.3. The number of nitrogens with one attached hydrogen (secondary N) is 1. The molecule has 0 unspecified atom stereocenters. The van der Waals surface area contributed by atoms with Gasteiger partial charge < -0.3 is 15.3 Å². The lowest BCUT2D eigenvalue weighted by Gasteiger charge is -2.52. The summed E-state index contributed by atoms with van der Waals surface area (Å²) >= 11 is 0. The number of hydrogen-bond donors (Lipinski definition) is 2. The summed E-state index contributed by atoms with van der Waals surface area (Å²) < 4.78 is 0. The minimum absolute atomic E-state index is 0.0620. The number of unbranched alkanes of at least 4 members (excludes halogenated alkanes) is 1. The van der Waals surface area contributed by atoms with Gasteiger partial charge in [-0.2, -0.15) is 0 Å². The van der Waals surface area contributed by atoms with E-state index in [4.69, 9.17) is 0 Å². The standard InChI is InChI=1S/C27H41N3O3/c1-3-4-16-30-25(32)23(24(31)22-8-6-5-7-9-22)28-26(33)27(30)14-17-29(18-15-27)19-21-12-10-20(2)11-13-21/h10-13,22-24,31H,3-9,14-19H2,1-2H3,(H,28,33)/t23-,24-/m1/s1. The van der Waals surface area contributed by atoms with Crippen molar-refractivity contribution in [3.63, 3.8) is 0 Å². The van der Waals surface area contributed by atoms with Gasteiger partial charge in [-0.05, 0) is 50.5 Å². The van der Waals surface area contributed by atoms with Gasteiger partial charge in [0.25, 0.3) is 0 Å². The topological polar surface area (TPSA) is 72.9 Å². The quantitative estimate of drug-likeness (QED) is 0.661. The van der Waals surface area contributed by atoms with E-state index in [-0.39, 0.29) is 17.7 Å². The number of rotatable bonds is 7. The van der Waals surface area contributed by atoms with Crippen molar-refractivity contribution >= 4 is 11.8 Å². The average Bonchev–Trinajstić information content (AvgIpc) is 2.84. The Hall–Kier alpha value is -1.92. The van der Waals surface area contributed by atoms with Gasteiger partial charge in [0.1, 0.15) is 11.6 Å². The van der Waals surface area contributed by atoms with Gasteiger partial charge in [-0.15, -0.1) is 0 Å². The zero-order valence-corrected chi connectivity index (χ0v) is 20.4. The van der Waals surface area contributed by atoms with Crippen molar-refractivity contribution in [2.24, 2.45) is 5.92 Å². The van der Waals surface area contributed by atoms with Crippen LogP contribution in [-0.4, -0.2) is 64.0 Å². The lowest BCUT2D eigenvalue weighted by atomic mass is 9.78. The summed E-state index contributed by atoms with van der Waals surface area (Å²) in [6.07, 6.45) is 7.61. The number of carbonyl (C=O) groups excluding carboxylic acids is 2. The number of carbonyl (C=O) groups is 2. The minimum atomic E-state index is -0.798. The third kappa shape index (κ3) is 5.12. The maximum Gasteiger partial charge on any atom is 0.248 e. The molecule has 6 heteroatoms. The van der Waals surface area contributed by atoms with E-state index in [1.807, 2.05) is 4.90 Å². The van der Waals surface area contributed by atoms with Gasteiger partial charge in [-0.25, -0.2) is 0 Å². The van der Waals surface area contributed by atoms with Crippen LogP contribution in [-0.2, 0) is 16.1 Å². The van der Waals surface area contributed by atoms with Crippen LogP contribution >= 0.6 is 0 Å². The Morgan fingerprint density at radius 1 is 1.09 bits per heavy atom. The van der Waals surface area contributed by atoms with Crippen molar-refractivity contribution in [3.05, 3.63) is 35.4 Å². The van der Waals surface area contributed by atoms with E-state index in [0.29, 0.717) is 19.4 Å². The zero-order valence-electron chi connectivity index (χ0n) is 20.4. The van der Waals surface area contributed by atoms with Crippen LogP contribution in [0.3, 0.4) is 0 Å². The molecule has 0 bridgehead atoms. The fourth-order valence-corrected chi connectivity index (χ4v) is 5.99. The fraction of sp³-hybridized carbons (Fsp3) is 0.704. The molecule has 1 aromatic rings. The summed E-state index contributed by atoms with van der Waals surface area (Å²) in [6, 6.07) is 7.81. The third-order valence-electron chi connectivity index (χ3n) is 8.18. The summed E-state index contributed by atoms with van der Waals surface area (Å²) in [5.41, 5.74) is 1.75. The number of piperazine rings is 1. The van der Waals surface area contributed by atoms with Crippen molar-refractivity contribution in [1.29, 1.82) is 0 Å². The summed E-state index contributed by atoms with van der Waals surface area (Å²) in [5, 5.41) is 14.1. The van der Waals surface area contributed by atoms with E-state index in [2.05, 4.69) is 48.3 Å². The summed E-state index contributed by atoms with van der Waals surface area (Å²) in [4.78, 5) is 31.5. The molecule has 2 amide bonds. The maximum atomic E-state index is 13.7. The molecule has 2 heterocycles. The Bertz CT molecular complexity index is 810. The second-order valence-electron chi connectivity index (χ2n) is 10.5. The fourth-order valence-electron chi connectivity index (χ4n) is 5.99. The molecule has 1 aromatic carbocycles. The molecule has 0 radical (unpaired) electrons. The molecule has 2 aliphatic heterocycles. The van der Waals surface area contributed by atoms with E-state index < -0.39 is 17.7 Å². The van der Waals surface area contributed by atoms with E-state index >= 15 is 0 Å². The van der Waals surface area contributed by atoms with Gasteiger partial charge >= 0.3 is 0 Å². The second-order valence-corrected chi connectivity index (χ2v) is 10.5. The molecule has 3 aliphatic rings. The number of aliphatic hydroxyl groups is 1. The van der Waals surface area contributed by atoms with Crippen LogP contribution in [0.2, 0.25) is 0 Å². The molecule has 2 N–H and O–H groups in total. The monoisotopic (exact) mass is 455 g/mol. The first-order valence-electron chi connectivity index (χ1n) is 13.0. The lowest BCUT2D eigenvalue weighted by Crippen LogP contribution is -2.75. The Kier molecular flexibility index (Phi) is 7.75. The van der Waals surface area contributed by atoms with E-state index in [0.717, 1.165) is 58.2 Å². The maximum absolute atomic E-state index is 13.7. The molecule has 0 aromatic heterocycles. The van der Waals surface area contributed by atoms with Crippen LogP contribution in [0.4, 0.5) is 0 Å². The number of piperidine rings is 1. The van der Waals surface area contributed by atoms with Crippen LogP contribution in [0.15, 0.2) is 24.3 Å². The number of likely N-dealkylation sites (tertiary alicyclic amines) is 1. The molecule has 4 rings (SSSR count). The highest BCUT2D eigenvalue weighted by molar-refractivity contribution is 6.00. The number of benzene rings is 1. The van der Waals surface area contributed by atoms with Crippen LogP contribution in [0.25, 0.3) is 0 Å². The van der Waals surface area contributed by atoms with Crippen LogP contribution < -0.4 is 5.32 Å². The molecule has 1 aliphatic carbocycles. The molecular weight excluding hydrogens is 414 g/mol. The first-order valence-corrected chi connectivity index (χ1v) is 13.0. The van der Waals surface area contributed by atoms with Crippen molar-refractivity contribution in [2.45, 2.75) is 95.9 Å². The van der Waals surface area contributed by atoms with Crippen LogP contribution in [0.1, 0.15) is 75.8 Å². The van der Waals surface area contributed by atoms with Crippen molar-refractivity contribution in [3.8, 4) is 0 Å². The van der Waals surface area contributed by atoms with Crippen molar-refractivity contribution in [1.82, 2.24) is 15.1 Å². The Morgan fingerprint density at radius 2 is 1.76 bits per heavy atom. The lowest BCUT2D eigenvalue weighted by molar-refractivity contribution is -0.166. The summed E-state index contributed by atoms with van der Waals surface area (Å²) in [6.45, 7) is 7.23. The van der Waals surface area contributed by atoms with Gasteiger partial charge in [-0.3, -0.25) is 14.5 Å². The summed E-state index contributed by atoms with van der Waals surface area (Å²) in [7, 11) is 0. The predicted octanol–water partition coefficient (Wildman–Crippen LogP) is 3.40. The molecule has 2 atom stereocenters. The molecule has 3 fully saturated rings. The van der Waals surface area contributed by atoms with Gasteiger partial charge in [0, 0.05) is 26.2 Å². The number of aryl methyl sites for hydroxylation is 1. The number of aliphatic hydroxyl groups excluding tert-OH is 1. The summed E-state index contributed by atoms with van der Waals surface area (Å²) in [5.74, 6) is -0.0346. The molecule has 33 heavy (non-hydrogen) atoms. The van der Waals surface area contributed by atoms with E-state index in [1.165, 1.54) is 17.5 Å². The van der Waals surface area contributed by atoms with Gasteiger partial charge in [0.05, 0.1) is 6.10 Å². The molecule has 2 saturated heterocycles. The first kappa shape index (κ1) is 24.2. The van der Waals surface area contributed by atoms with Gasteiger partial charge in [0.15, 0.2) is 0 Å². The molecule has 6 nitrogen and oxygen atoms in total. The van der Waals surface area contributed by atoms with E-state index in [1.54, 1.807) is 0 Å². The van der Waals surface area contributed by atoms with Crippen LogP contribution in [0.5, 0.6) is 0 Å². The second kappa shape index (κ2) is 10.6. The van der Waals surface area contributed by atoms with Gasteiger partial charge in [-0.1, -0.05) is 62.4 Å². The van der Waals surface area contributed by atoms with Gasteiger partial charge in [0.2, 0.25) is 11.8 Å². The van der Waals surface area contributed by atoms with Crippen molar-refractivity contribution < 1.29 is 14.7 Å². The molecule has 1 spiro atoms. The van der Waals surface area contributed by atoms with Crippen LogP contribution in [0, 0.1) is 12.8 Å². The first-order chi connectivity index (χ1) is 15.9. The largest absolute Gasteiger partial charge is 0.390 e. The highest BCUT2D eigenvalue weighted by Crippen LogP contribution is 2.36. The smallest absolute Gasteiger partial charge is 0.248 e. The molecular formula is C27H41N3O3. The molecule has 182 valence electrons. The highest BCUT2D eigenvalue weighted by Gasteiger charge is 2.55.